The Morgan fingerprint density at radius 2 is 0.564 bits per heavy atom. The molecule has 3 rings (SSSR count). The van der Waals surface area contributed by atoms with Gasteiger partial charge in [-0.15, -0.1) is 0 Å². The third-order valence-corrected chi connectivity index (χ3v) is 12.2. The molecule has 0 aromatic carbocycles. The molecule has 16 heteroatoms. The van der Waals surface area contributed by atoms with Gasteiger partial charge in [-0.25, -0.2) is 28.9 Å². The van der Waals surface area contributed by atoms with E-state index in [-0.39, 0.29) is 35.8 Å². The van der Waals surface area contributed by atoms with Crippen molar-refractivity contribution in [2.45, 2.75) is 215 Å². The Hall–Kier alpha value is -3.34. The van der Waals surface area contributed by atoms with Gasteiger partial charge in [0.25, 0.3) is 0 Å². The van der Waals surface area contributed by atoms with Crippen LogP contribution in [0.2, 0.25) is 0 Å². The number of nitrogens with zero attached hydrogens (tertiary/aromatic N) is 4. The molecule has 0 saturated carbocycles. The van der Waals surface area contributed by atoms with Gasteiger partial charge < -0.3 is 16.0 Å². The Balaban J connectivity index is 2.83. The van der Waals surface area contributed by atoms with Crippen molar-refractivity contribution < 1.29 is 57.5 Å². The van der Waals surface area contributed by atoms with Gasteiger partial charge in [0, 0.05) is 112 Å². The molecule has 0 aromatic rings. The Morgan fingerprint density at radius 1 is 0.400 bits per heavy atom. The highest BCUT2D eigenvalue weighted by Crippen LogP contribution is 2.62. The lowest BCUT2D eigenvalue weighted by Crippen LogP contribution is -3.01. The lowest BCUT2D eigenvalue weighted by Gasteiger charge is -2.70. The van der Waals surface area contributed by atoms with Crippen LogP contribution in [-0.4, -0.2) is 106 Å². The topological polar surface area (TPSA) is 169 Å². The molecule has 314 valence electrons. The minimum atomic E-state index is -1.14. The molecular formula is C39H72N7O9+3. The van der Waals surface area contributed by atoms with E-state index in [9.17, 15) is 28.8 Å². The van der Waals surface area contributed by atoms with Gasteiger partial charge in [-0.1, -0.05) is 0 Å². The SMILES string of the molecule is CC(=O)NC1CC(C)(C)[N+](OC(C)=O)(N([N+]2(OC(C)=O)C(C)(C)CC(NC(C)=O)CC2(C)C)[N+]2(OC(C)=O)C(C)(C)CC(NC(C)=O)CC2(C)C)C(C)(C)C1. The molecule has 16 nitrogen and oxygen atoms in total. The van der Waals surface area contributed by atoms with Gasteiger partial charge in [0.1, 0.15) is 0 Å². The van der Waals surface area contributed by atoms with Gasteiger partial charge in [0.15, 0.2) is 33.2 Å². The zero-order valence-corrected chi connectivity index (χ0v) is 36.9. The number of hydrogen-bond acceptors (Lipinski definition) is 10. The summed E-state index contributed by atoms with van der Waals surface area (Å²) in [5.41, 5.74) is -6.84. The maximum absolute atomic E-state index is 14.0. The molecule has 0 bridgehead atoms. The summed E-state index contributed by atoms with van der Waals surface area (Å²) in [5, 5.41) is 11.2. The zero-order valence-electron chi connectivity index (χ0n) is 36.9. The average Bonchev–Trinajstić information content (AvgIpc) is 2.89. The summed E-state index contributed by atoms with van der Waals surface area (Å²) >= 11 is 0. The molecule has 3 aliphatic heterocycles. The van der Waals surface area contributed by atoms with Crippen molar-refractivity contribution in [3.63, 3.8) is 0 Å². The maximum atomic E-state index is 14.0. The smallest absolute Gasteiger partial charge is 0.353 e. The van der Waals surface area contributed by atoms with Gasteiger partial charge in [0.2, 0.25) is 17.7 Å². The Morgan fingerprint density at radius 3 is 0.691 bits per heavy atom. The Bertz CT molecular complexity index is 1330. The average molecular weight is 783 g/mol. The van der Waals surface area contributed by atoms with Crippen LogP contribution < -0.4 is 16.0 Å². The molecule has 0 unspecified atom stereocenters. The van der Waals surface area contributed by atoms with Crippen molar-refractivity contribution in [1.82, 2.24) is 21.2 Å². The third-order valence-electron chi connectivity index (χ3n) is 12.2. The molecule has 0 aliphatic carbocycles. The highest BCUT2D eigenvalue weighted by Gasteiger charge is 2.91. The van der Waals surface area contributed by atoms with Crippen molar-refractivity contribution in [3.05, 3.63) is 0 Å². The molecule has 55 heavy (non-hydrogen) atoms. The van der Waals surface area contributed by atoms with E-state index in [0.29, 0.717) is 38.5 Å². The third kappa shape index (κ3) is 7.60. The zero-order chi connectivity index (χ0) is 42.8. The van der Waals surface area contributed by atoms with Crippen molar-refractivity contribution in [2.24, 2.45) is 0 Å². The molecule has 0 atom stereocenters. The Labute approximate surface area is 328 Å². The lowest BCUT2D eigenvalue weighted by atomic mass is 9.75. The molecule has 3 N–H and O–H groups in total. The van der Waals surface area contributed by atoms with Crippen LogP contribution in [0.4, 0.5) is 0 Å². The molecular weight excluding hydrogens is 710 g/mol. The second-order valence-electron chi connectivity index (χ2n) is 20.0. The summed E-state index contributed by atoms with van der Waals surface area (Å²) in [6, 6.07) is -1.06. The number of carbonyl (C=O) groups is 6. The summed E-state index contributed by atoms with van der Waals surface area (Å²) in [6.07, 6.45) is 1.78. The van der Waals surface area contributed by atoms with Crippen LogP contribution >= 0.6 is 0 Å². The number of amides is 3. The maximum Gasteiger partial charge on any atom is 0.366 e. The fraction of sp³-hybridized carbons (Fsp3) is 0.846. The predicted molar refractivity (Wildman–Crippen MR) is 203 cm³/mol. The number of quaternary nitrogens is 3. The van der Waals surface area contributed by atoms with Crippen LogP contribution in [0, 0.1) is 0 Å². The van der Waals surface area contributed by atoms with Crippen LogP contribution in [0.25, 0.3) is 0 Å². The lowest BCUT2D eigenvalue weighted by molar-refractivity contribution is -1.58. The largest absolute Gasteiger partial charge is 0.366 e. The molecule has 0 radical (unpaired) electrons. The van der Waals surface area contributed by atoms with E-state index < -0.39 is 65.4 Å². The highest BCUT2D eigenvalue weighted by atomic mass is 16.9. The summed E-state index contributed by atoms with van der Waals surface area (Å²) in [5.74, 6) is -2.55. The molecule has 0 aromatic heterocycles. The van der Waals surface area contributed by atoms with Gasteiger partial charge in [-0.05, 0) is 83.1 Å². The van der Waals surface area contributed by atoms with Gasteiger partial charge in [-0.3, -0.25) is 14.4 Å². The number of hydroxylamine groups is 6. The first-order valence-corrected chi connectivity index (χ1v) is 19.5. The van der Waals surface area contributed by atoms with E-state index in [2.05, 4.69) is 16.0 Å². The van der Waals surface area contributed by atoms with E-state index in [1.165, 1.54) is 41.5 Å². The second-order valence-corrected chi connectivity index (χ2v) is 20.0. The number of hydrogen-bond donors (Lipinski definition) is 3. The standard InChI is InChI=1S/C39H69N7O9/c1-25(47)40-31-19-34(7,8)44(53-28(4)50,35(9,10)20-31)43(45(54-29(5)51)36(11,12)21-32(41-26(2)48)22-37(45,13)14)46(55-30(6)52)38(15,16)23-33(42-27(3)49)24-39(46,17)18/h31-33H,19-24H2,1-18H3/p+3. The summed E-state index contributed by atoms with van der Waals surface area (Å²) < 4.78 is -1.95. The number of piperidine rings is 3. The van der Waals surface area contributed by atoms with Gasteiger partial charge in [0.05, 0.1) is 0 Å². The second kappa shape index (κ2) is 14.6. The van der Waals surface area contributed by atoms with Crippen LogP contribution in [0.15, 0.2) is 0 Å². The number of rotatable bonds is 9. The molecule has 3 aliphatic rings. The minimum Gasteiger partial charge on any atom is -0.353 e. The van der Waals surface area contributed by atoms with E-state index in [0.717, 1.165) is 0 Å². The predicted octanol–water partition coefficient (Wildman–Crippen LogP) is 4.49. The van der Waals surface area contributed by atoms with Crippen LogP contribution in [0.1, 0.15) is 163 Å². The van der Waals surface area contributed by atoms with Crippen LogP contribution in [0.5, 0.6) is 0 Å². The fourth-order valence-corrected chi connectivity index (χ4v) is 11.6. The number of nitrogens with one attached hydrogen (secondary N) is 3. The monoisotopic (exact) mass is 783 g/mol. The van der Waals surface area contributed by atoms with Crippen molar-refractivity contribution in [1.29, 1.82) is 0 Å². The summed E-state index contributed by atoms with van der Waals surface area (Å²) in [7, 11) is 0. The molecule has 3 amide bonds. The molecule has 0 spiro atoms. The van der Waals surface area contributed by atoms with Crippen molar-refractivity contribution in [2.75, 3.05) is 0 Å². The van der Waals surface area contributed by atoms with Gasteiger partial charge >= 0.3 is 23.1 Å². The quantitative estimate of drug-likeness (QED) is 0.284. The molecule has 3 heterocycles. The minimum absolute atomic E-state index is 0.211. The van der Waals surface area contributed by atoms with Crippen molar-refractivity contribution >= 4 is 35.6 Å². The first kappa shape index (κ1) is 46.0. The van der Waals surface area contributed by atoms with E-state index in [4.69, 9.17) is 14.5 Å². The molecule has 3 fully saturated rings. The normalized spacial score (nSPS) is 34.0. The van der Waals surface area contributed by atoms with Gasteiger partial charge in [-0.2, -0.15) is 0 Å². The fourth-order valence-electron chi connectivity index (χ4n) is 11.6. The highest BCUT2D eigenvalue weighted by molar-refractivity contribution is 5.74. The molecule has 3 saturated heterocycles. The summed E-state index contributed by atoms with van der Waals surface area (Å²) in [4.78, 5) is 101. The van der Waals surface area contributed by atoms with E-state index in [1.54, 1.807) is 0 Å². The van der Waals surface area contributed by atoms with E-state index >= 15 is 0 Å². The van der Waals surface area contributed by atoms with Crippen molar-refractivity contribution in [3.8, 4) is 0 Å². The summed E-state index contributed by atoms with van der Waals surface area (Å²) in [6.45, 7) is 31.7. The van der Waals surface area contributed by atoms with Crippen LogP contribution in [0.3, 0.4) is 0 Å². The van der Waals surface area contributed by atoms with E-state index in [1.807, 2.05) is 88.3 Å². The van der Waals surface area contributed by atoms with Crippen LogP contribution in [-0.2, 0) is 43.3 Å². The first-order valence-electron chi connectivity index (χ1n) is 19.5. The Kier molecular flexibility index (Phi) is 12.2. The first-order chi connectivity index (χ1) is 24.6. The number of carbonyl (C=O) groups excluding carboxylic acids is 6.